The lowest BCUT2D eigenvalue weighted by atomic mass is 10.1. The highest BCUT2D eigenvalue weighted by atomic mass is 32.1. The first-order valence-corrected chi connectivity index (χ1v) is 8.97. The molecule has 0 radical (unpaired) electrons. The topological polar surface area (TPSA) is 22.3 Å². The second-order valence-corrected chi connectivity index (χ2v) is 7.79. The molecule has 0 saturated heterocycles. The molecule has 3 aromatic rings. The molecule has 3 nitrogen and oxygen atoms in total. The molecule has 0 aliphatic heterocycles. The van der Waals surface area contributed by atoms with Gasteiger partial charge in [-0.2, -0.15) is 0 Å². The van der Waals surface area contributed by atoms with Gasteiger partial charge >= 0.3 is 0 Å². The monoisotopic (exact) mass is 355 g/mol. The summed E-state index contributed by atoms with van der Waals surface area (Å²) in [4.78, 5) is 8.74. The minimum Gasteiger partial charge on any atom is -0.378 e. The molecule has 3 rings (SSSR count). The molecule has 0 spiro atoms. The Morgan fingerprint density at radius 1 is 0.750 bits per heavy atom. The van der Waals surface area contributed by atoms with Crippen LogP contribution < -0.4 is 9.80 Å². The summed E-state index contributed by atoms with van der Waals surface area (Å²) in [6.07, 6.45) is 0. The Hall–Kier alpha value is -2.11. The second kappa shape index (κ2) is 6.79. The first kappa shape index (κ1) is 16.7. The predicted octanol–water partition coefficient (Wildman–Crippen LogP) is 5.27. The Morgan fingerprint density at radius 2 is 1.21 bits per heavy atom. The van der Waals surface area contributed by atoms with Crippen LogP contribution in [0.5, 0.6) is 0 Å². The highest BCUT2D eigenvalue weighted by molar-refractivity contribution is 7.73. The van der Waals surface area contributed by atoms with Crippen LogP contribution in [0, 0.1) is 3.95 Å². The summed E-state index contributed by atoms with van der Waals surface area (Å²) in [6.45, 7) is 0. The van der Waals surface area contributed by atoms with Gasteiger partial charge in [0, 0.05) is 39.6 Å². The Kier molecular flexibility index (Phi) is 4.73. The number of rotatable bonds is 4. The van der Waals surface area contributed by atoms with Crippen molar-refractivity contribution in [3.05, 3.63) is 52.5 Å². The second-order valence-electron chi connectivity index (χ2n) is 6.10. The van der Waals surface area contributed by atoms with Crippen molar-refractivity contribution < 1.29 is 0 Å². The van der Waals surface area contributed by atoms with E-state index in [9.17, 15) is 0 Å². The third-order valence-corrected chi connectivity index (χ3v) is 5.25. The fourth-order valence-corrected chi connectivity index (χ4v) is 3.79. The van der Waals surface area contributed by atoms with E-state index < -0.39 is 0 Å². The first-order valence-electron chi connectivity index (χ1n) is 7.74. The van der Waals surface area contributed by atoms with Gasteiger partial charge in [0.25, 0.3) is 0 Å². The molecular weight excluding hydrogens is 334 g/mol. The minimum absolute atomic E-state index is 0.799. The van der Waals surface area contributed by atoms with Gasteiger partial charge in [0.15, 0.2) is 3.95 Å². The van der Waals surface area contributed by atoms with E-state index in [1.807, 2.05) is 28.2 Å². The van der Waals surface area contributed by atoms with Crippen LogP contribution in [0.4, 0.5) is 11.4 Å². The molecule has 1 aromatic heterocycles. The van der Waals surface area contributed by atoms with Gasteiger partial charge in [0.1, 0.15) is 0 Å². The van der Waals surface area contributed by atoms with Crippen LogP contribution >= 0.6 is 23.6 Å². The SMILES string of the molecule is CN(C)c1ccc(-c2[nH]c(=S)sc2-c2ccc(N(C)C)cc2)cc1. The van der Waals surface area contributed by atoms with Gasteiger partial charge in [-0.25, -0.2) is 0 Å². The van der Waals surface area contributed by atoms with Gasteiger partial charge in [-0.3, -0.25) is 0 Å². The molecule has 1 N–H and O–H groups in total. The van der Waals surface area contributed by atoms with Crippen LogP contribution in [-0.2, 0) is 0 Å². The molecule has 0 aliphatic rings. The van der Waals surface area contributed by atoms with Crippen molar-refractivity contribution in [3.63, 3.8) is 0 Å². The minimum atomic E-state index is 0.799. The number of H-pyrrole nitrogens is 1. The summed E-state index contributed by atoms with van der Waals surface area (Å²) in [7, 11) is 8.19. The number of anilines is 2. The Morgan fingerprint density at radius 3 is 1.67 bits per heavy atom. The maximum absolute atomic E-state index is 5.40. The van der Waals surface area contributed by atoms with Crippen LogP contribution in [0.3, 0.4) is 0 Å². The van der Waals surface area contributed by atoms with E-state index in [-0.39, 0.29) is 0 Å². The molecular formula is C19H21N3S2. The van der Waals surface area contributed by atoms with Crippen molar-refractivity contribution >= 4 is 34.9 Å². The van der Waals surface area contributed by atoms with E-state index in [2.05, 4.69) is 63.3 Å². The number of nitrogens with zero attached hydrogens (tertiary/aromatic N) is 2. The molecule has 0 bridgehead atoms. The molecule has 0 fully saturated rings. The smallest absolute Gasteiger partial charge is 0.159 e. The van der Waals surface area contributed by atoms with Crippen molar-refractivity contribution in [1.29, 1.82) is 0 Å². The predicted molar refractivity (Wildman–Crippen MR) is 109 cm³/mol. The highest BCUT2D eigenvalue weighted by Gasteiger charge is 2.12. The van der Waals surface area contributed by atoms with Gasteiger partial charge in [0.05, 0.1) is 10.6 Å². The van der Waals surface area contributed by atoms with Gasteiger partial charge < -0.3 is 14.8 Å². The van der Waals surface area contributed by atoms with E-state index in [0.717, 1.165) is 15.2 Å². The zero-order chi connectivity index (χ0) is 17.3. The van der Waals surface area contributed by atoms with E-state index >= 15 is 0 Å². The van der Waals surface area contributed by atoms with Crippen LogP contribution in [0.15, 0.2) is 48.5 Å². The molecule has 0 unspecified atom stereocenters. The van der Waals surface area contributed by atoms with Crippen molar-refractivity contribution in [2.45, 2.75) is 0 Å². The molecule has 0 saturated carbocycles. The molecule has 0 aliphatic carbocycles. The zero-order valence-electron chi connectivity index (χ0n) is 14.3. The zero-order valence-corrected chi connectivity index (χ0v) is 16.0. The summed E-state index contributed by atoms with van der Waals surface area (Å²) >= 11 is 7.02. The number of aromatic amines is 1. The number of hydrogen-bond donors (Lipinski definition) is 1. The molecule has 2 aromatic carbocycles. The lowest BCUT2D eigenvalue weighted by molar-refractivity contribution is 1.13. The summed E-state index contributed by atoms with van der Waals surface area (Å²) in [6, 6.07) is 17.1. The van der Waals surface area contributed by atoms with E-state index in [1.54, 1.807) is 11.3 Å². The third kappa shape index (κ3) is 3.37. The number of hydrogen-bond acceptors (Lipinski definition) is 4. The summed E-state index contributed by atoms with van der Waals surface area (Å²) in [5, 5.41) is 0. The van der Waals surface area contributed by atoms with E-state index in [4.69, 9.17) is 12.2 Å². The molecule has 5 heteroatoms. The van der Waals surface area contributed by atoms with Gasteiger partial charge in [-0.1, -0.05) is 24.3 Å². The van der Waals surface area contributed by atoms with Gasteiger partial charge in [-0.15, -0.1) is 11.3 Å². The largest absolute Gasteiger partial charge is 0.378 e. The number of aromatic nitrogens is 1. The molecule has 124 valence electrons. The Bertz CT molecular complexity index is 800. The summed E-state index contributed by atoms with van der Waals surface area (Å²) < 4.78 is 0.799. The average Bonchev–Trinajstić information content (AvgIpc) is 2.97. The first-order chi connectivity index (χ1) is 11.5. The van der Waals surface area contributed by atoms with Gasteiger partial charge in [-0.05, 0) is 47.6 Å². The maximum Gasteiger partial charge on any atom is 0.159 e. The Balaban J connectivity index is 2.03. The summed E-state index contributed by atoms with van der Waals surface area (Å²) in [5.74, 6) is 0. The molecule has 0 atom stereocenters. The molecule has 24 heavy (non-hydrogen) atoms. The Labute approximate surface area is 152 Å². The third-order valence-electron chi connectivity index (χ3n) is 3.97. The summed E-state index contributed by atoms with van der Waals surface area (Å²) in [5.41, 5.74) is 5.80. The van der Waals surface area contributed by atoms with E-state index in [1.165, 1.54) is 21.8 Å². The molecule has 0 amide bonds. The van der Waals surface area contributed by atoms with Crippen molar-refractivity contribution in [3.8, 4) is 21.7 Å². The highest BCUT2D eigenvalue weighted by Crippen LogP contribution is 2.36. The maximum atomic E-state index is 5.40. The lowest BCUT2D eigenvalue weighted by Gasteiger charge is -2.13. The standard InChI is InChI=1S/C19H21N3S2/c1-21(2)15-9-5-13(6-10-15)17-18(24-19(23)20-17)14-7-11-16(12-8-14)22(3)4/h5-12H,1-4H3,(H,20,23). The average molecular weight is 356 g/mol. The van der Waals surface area contributed by atoms with Crippen LogP contribution in [0.25, 0.3) is 21.7 Å². The van der Waals surface area contributed by atoms with Crippen LogP contribution in [-0.4, -0.2) is 33.2 Å². The molecule has 1 heterocycles. The van der Waals surface area contributed by atoms with Crippen LogP contribution in [0.1, 0.15) is 0 Å². The van der Waals surface area contributed by atoms with Crippen LogP contribution in [0.2, 0.25) is 0 Å². The lowest BCUT2D eigenvalue weighted by Crippen LogP contribution is -2.08. The quantitative estimate of drug-likeness (QED) is 0.644. The number of thiazole rings is 1. The van der Waals surface area contributed by atoms with Crippen molar-refractivity contribution in [1.82, 2.24) is 4.98 Å². The normalized spacial score (nSPS) is 10.7. The fraction of sp³-hybridized carbons (Fsp3) is 0.211. The van der Waals surface area contributed by atoms with Gasteiger partial charge in [0.2, 0.25) is 0 Å². The number of benzene rings is 2. The fourth-order valence-electron chi connectivity index (χ4n) is 2.57. The van der Waals surface area contributed by atoms with E-state index in [0.29, 0.717) is 0 Å². The van der Waals surface area contributed by atoms with Crippen molar-refractivity contribution in [2.24, 2.45) is 0 Å². The number of nitrogens with one attached hydrogen (secondary N) is 1. The van der Waals surface area contributed by atoms with Crippen molar-refractivity contribution in [2.75, 3.05) is 38.0 Å².